The van der Waals surface area contributed by atoms with Crippen LogP contribution in [0.25, 0.3) is 0 Å². The number of hydrogen-bond acceptors (Lipinski definition) is 6. The molecule has 0 unspecified atom stereocenters. The zero-order valence-corrected chi connectivity index (χ0v) is 17.5. The Labute approximate surface area is 176 Å². The number of nitrogens with zero attached hydrogens (tertiary/aromatic N) is 3. The molecule has 0 saturated heterocycles. The SMILES string of the molecule is CCc1cnc(N(CCc2ccc(OC(C)(C)C(=O)O)cc2)Cc2ccoc2)nc1. The first kappa shape index (κ1) is 21.4. The van der Waals surface area contributed by atoms with Gasteiger partial charge < -0.3 is 19.2 Å². The van der Waals surface area contributed by atoms with E-state index in [1.807, 2.05) is 30.6 Å². The molecule has 0 fully saturated rings. The standard InChI is InChI=1S/C23H27N3O4/c1-4-17-13-24-22(25-14-17)26(15-19-10-12-29-16-19)11-9-18-5-7-20(8-6-18)30-23(2,3)21(27)28/h5-8,10,12-14,16H,4,9,11,15H2,1-3H3,(H,27,28). The van der Waals surface area contributed by atoms with Crippen LogP contribution in [0.15, 0.2) is 59.7 Å². The second-order valence-electron chi connectivity index (χ2n) is 7.61. The molecule has 0 atom stereocenters. The van der Waals surface area contributed by atoms with E-state index in [0.29, 0.717) is 18.2 Å². The highest BCUT2D eigenvalue weighted by Gasteiger charge is 2.29. The number of hydrogen-bond donors (Lipinski definition) is 1. The number of carbonyl (C=O) groups is 1. The molecule has 3 aromatic rings. The van der Waals surface area contributed by atoms with E-state index in [-0.39, 0.29) is 0 Å². The Morgan fingerprint density at radius 1 is 1.10 bits per heavy atom. The van der Waals surface area contributed by atoms with Crippen molar-refractivity contribution in [2.45, 2.75) is 45.8 Å². The van der Waals surface area contributed by atoms with Gasteiger partial charge >= 0.3 is 5.97 Å². The molecule has 0 aliphatic carbocycles. The lowest BCUT2D eigenvalue weighted by atomic mass is 10.1. The third-order valence-corrected chi connectivity index (χ3v) is 4.82. The van der Waals surface area contributed by atoms with Crippen LogP contribution >= 0.6 is 0 Å². The summed E-state index contributed by atoms with van der Waals surface area (Å²) < 4.78 is 10.8. The Balaban J connectivity index is 1.68. The highest BCUT2D eigenvalue weighted by molar-refractivity contribution is 5.76. The minimum absolute atomic E-state index is 0.528. The summed E-state index contributed by atoms with van der Waals surface area (Å²) in [5, 5.41) is 9.20. The van der Waals surface area contributed by atoms with Crippen LogP contribution in [0.5, 0.6) is 5.75 Å². The number of rotatable bonds is 10. The van der Waals surface area contributed by atoms with Gasteiger partial charge in [-0.15, -0.1) is 0 Å². The monoisotopic (exact) mass is 409 g/mol. The predicted octanol–water partition coefficient (Wildman–Crippen LogP) is 4.12. The molecule has 0 aliphatic heterocycles. The Bertz CT molecular complexity index is 936. The minimum Gasteiger partial charge on any atom is -0.478 e. The van der Waals surface area contributed by atoms with Gasteiger partial charge in [0.1, 0.15) is 5.75 Å². The summed E-state index contributed by atoms with van der Waals surface area (Å²) in [6.07, 6.45) is 8.78. The highest BCUT2D eigenvalue weighted by Crippen LogP contribution is 2.20. The molecule has 0 amide bonds. The van der Waals surface area contributed by atoms with Crippen LogP contribution in [-0.2, 0) is 24.2 Å². The van der Waals surface area contributed by atoms with E-state index in [4.69, 9.17) is 9.15 Å². The molecule has 2 heterocycles. The van der Waals surface area contributed by atoms with Crippen LogP contribution in [0.3, 0.4) is 0 Å². The number of aromatic nitrogens is 2. The largest absolute Gasteiger partial charge is 0.478 e. The van der Waals surface area contributed by atoms with E-state index < -0.39 is 11.6 Å². The molecule has 1 N–H and O–H groups in total. The average Bonchev–Trinajstić information content (AvgIpc) is 3.25. The molecule has 30 heavy (non-hydrogen) atoms. The quantitative estimate of drug-likeness (QED) is 0.539. The summed E-state index contributed by atoms with van der Waals surface area (Å²) in [5.41, 5.74) is 1.99. The second kappa shape index (κ2) is 9.43. The number of carboxylic acids is 1. The maximum atomic E-state index is 11.2. The van der Waals surface area contributed by atoms with Crippen molar-refractivity contribution < 1.29 is 19.1 Å². The average molecular weight is 409 g/mol. The van der Waals surface area contributed by atoms with Crippen LogP contribution in [0.2, 0.25) is 0 Å². The molecule has 0 saturated carbocycles. The van der Waals surface area contributed by atoms with Crippen molar-refractivity contribution in [3.05, 3.63) is 71.9 Å². The molecule has 1 aromatic carbocycles. The number of furan rings is 1. The van der Waals surface area contributed by atoms with Crippen molar-refractivity contribution in [2.75, 3.05) is 11.4 Å². The van der Waals surface area contributed by atoms with Gasteiger partial charge in [-0.2, -0.15) is 0 Å². The number of carboxylic acid groups (broad SMARTS) is 1. The van der Waals surface area contributed by atoms with Crippen LogP contribution in [0.4, 0.5) is 5.95 Å². The number of anilines is 1. The zero-order chi connectivity index (χ0) is 21.6. The lowest BCUT2D eigenvalue weighted by Crippen LogP contribution is -2.37. The Morgan fingerprint density at radius 2 is 1.80 bits per heavy atom. The summed E-state index contributed by atoms with van der Waals surface area (Å²) in [7, 11) is 0. The number of ether oxygens (including phenoxy) is 1. The smallest absolute Gasteiger partial charge is 0.347 e. The van der Waals surface area contributed by atoms with Gasteiger partial charge in [-0.25, -0.2) is 14.8 Å². The molecule has 3 rings (SSSR count). The lowest BCUT2D eigenvalue weighted by Gasteiger charge is -2.23. The van der Waals surface area contributed by atoms with E-state index in [1.165, 1.54) is 13.8 Å². The fourth-order valence-corrected chi connectivity index (χ4v) is 2.87. The first-order chi connectivity index (χ1) is 14.4. The molecule has 7 heteroatoms. The van der Waals surface area contributed by atoms with E-state index in [0.717, 1.165) is 36.1 Å². The van der Waals surface area contributed by atoms with Crippen molar-refractivity contribution in [2.24, 2.45) is 0 Å². The van der Waals surface area contributed by atoms with Crippen molar-refractivity contribution in [1.29, 1.82) is 0 Å². The predicted molar refractivity (Wildman–Crippen MR) is 114 cm³/mol. The van der Waals surface area contributed by atoms with Gasteiger partial charge in [-0.05, 0) is 56.0 Å². The normalized spacial score (nSPS) is 11.3. The van der Waals surface area contributed by atoms with E-state index in [2.05, 4.69) is 21.8 Å². The van der Waals surface area contributed by atoms with Gasteiger partial charge in [0.15, 0.2) is 5.60 Å². The zero-order valence-electron chi connectivity index (χ0n) is 17.5. The molecule has 0 spiro atoms. The fourth-order valence-electron chi connectivity index (χ4n) is 2.87. The van der Waals surface area contributed by atoms with Crippen molar-refractivity contribution in [1.82, 2.24) is 9.97 Å². The maximum Gasteiger partial charge on any atom is 0.347 e. The van der Waals surface area contributed by atoms with Gasteiger partial charge in [0.2, 0.25) is 5.95 Å². The fraction of sp³-hybridized carbons (Fsp3) is 0.348. The molecule has 158 valence electrons. The van der Waals surface area contributed by atoms with Crippen LogP contribution in [0.1, 0.15) is 37.5 Å². The number of aryl methyl sites for hydroxylation is 1. The Kier molecular flexibility index (Phi) is 6.72. The van der Waals surface area contributed by atoms with Crippen molar-refractivity contribution in [3.63, 3.8) is 0 Å². The van der Waals surface area contributed by atoms with E-state index in [9.17, 15) is 9.90 Å². The third kappa shape index (κ3) is 5.59. The minimum atomic E-state index is -1.27. The first-order valence-corrected chi connectivity index (χ1v) is 9.95. The molecule has 2 aromatic heterocycles. The maximum absolute atomic E-state index is 11.2. The van der Waals surface area contributed by atoms with Crippen LogP contribution in [-0.4, -0.2) is 33.2 Å². The summed E-state index contributed by atoms with van der Waals surface area (Å²) in [6.45, 7) is 6.50. The summed E-state index contributed by atoms with van der Waals surface area (Å²) in [5.74, 6) is 0.201. The van der Waals surface area contributed by atoms with Gasteiger partial charge in [0.25, 0.3) is 0 Å². The summed E-state index contributed by atoms with van der Waals surface area (Å²) >= 11 is 0. The molecule has 0 radical (unpaired) electrons. The number of aliphatic carboxylic acids is 1. The van der Waals surface area contributed by atoms with Crippen LogP contribution < -0.4 is 9.64 Å². The van der Waals surface area contributed by atoms with Gasteiger partial charge in [0, 0.05) is 31.0 Å². The second-order valence-corrected chi connectivity index (χ2v) is 7.61. The van der Waals surface area contributed by atoms with Crippen molar-refractivity contribution in [3.8, 4) is 5.75 Å². The van der Waals surface area contributed by atoms with Gasteiger partial charge in [-0.1, -0.05) is 19.1 Å². The highest BCUT2D eigenvalue weighted by atomic mass is 16.5. The first-order valence-electron chi connectivity index (χ1n) is 9.95. The molecular formula is C23H27N3O4. The summed E-state index contributed by atoms with van der Waals surface area (Å²) in [6, 6.07) is 9.43. The van der Waals surface area contributed by atoms with Gasteiger partial charge in [0.05, 0.1) is 12.5 Å². The third-order valence-electron chi connectivity index (χ3n) is 4.82. The number of benzene rings is 1. The summed E-state index contributed by atoms with van der Waals surface area (Å²) in [4.78, 5) is 22.4. The lowest BCUT2D eigenvalue weighted by molar-refractivity contribution is -0.152. The molecular weight excluding hydrogens is 382 g/mol. The van der Waals surface area contributed by atoms with Crippen LogP contribution in [0, 0.1) is 0 Å². The van der Waals surface area contributed by atoms with Crippen molar-refractivity contribution >= 4 is 11.9 Å². The molecule has 7 nitrogen and oxygen atoms in total. The Morgan fingerprint density at radius 3 is 2.37 bits per heavy atom. The van der Waals surface area contributed by atoms with E-state index in [1.54, 1.807) is 24.7 Å². The van der Waals surface area contributed by atoms with Gasteiger partial charge in [-0.3, -0.25) is 0 Å². The molecule has 0 bridgehead atoms. The molecule has 0 aliphatic rings. The van der Waals surface area contributed by atoms with E-state index >= 15 is 0 Å². The Hall–Kier alpha value is -3.35. The topological polar surface area (TPSA) is 88.7 Å².